The number of esters is 1. The molecule has 2 aliphatic heterocycles. The molecule has 2 heterocycles. The standard InChI is InChI=1S/C35H42N6O10/c1-18(2)12-22(36)32(43)38-24-14-20-10-11-27(25(15-20)41(47)48)51-28-17-21(16-26(42)31(28)49-3)30(29(37)35(46)50-4)40-34(45)23(39-33(24)44)13-19-8-6-5-7-9-19/h5-11,15-18,22-24,29-30,42H,12-14,36-37H2,1-4H3,(H,38,43)(H,39,44)(H,40,45)/t22-,23+,24-,29-,30?/m1/s1. The van der Waals surface area contributed by atoms with Crippen LogP contribution < -0.4 is 36.9 Å². The summed E-state index contributed by atoms with van der Waals surface area (Å²) >= 11 is 0. The lowest BCUT2D eigenvalue weighted by molar-refractivity contribution is -0.385. The lowest BCUT2D eigenvalue weighted by Gasteiger charge is -2.29. The van der Waals surface area contributed by atoms with E-state index in [0.29, 0.717) is 12.0 Å². The van der Waals surface area contributed by atoms with Gasteiger partial charge < -0.3 is 46.7 Å². The van der Waals surface area contributed by atoms with Crippen LogP contribution in [0.5, 0.6) is 23.0 Å². The number of carbonyl (C=O) groups excluding carboxylic acids is 4. The number of aromatic hydroxyl groups is 1. The minimum absolute atomic E-state index is 0.0332. The van der Waals surface area contributed by atoms with Crippen LogP contribution in [0.15, 0.2) is 60.7 Å². The third kappa shape index (κ3) is 9.49. The van der Waals surface area contributed by atoms with E-state index in [1.165, 1.54) is 37.4 Å². The van der Waals surface area contributed by atoms with Gasteiger partial charge in [-0.15, -0.1) is 0 Å². The number of hydrogen-bond acceptors (Lipinski definition) is 12. The molecule has 3 aromatic rings. The number of nitrogens with zero attached hydrogens (tertiary/aromatic N) is 1. The van der Waals surface area contributed by atoms with E-state index >= 15 is 0 Å². The molecule has 51 heavy (non-hydrogen) atoms. The maximum absolute atomic E-state index is 14.1. The number of rotatable bonds is 10. The van der Waals surface area contributed by atoms with Crippen LogP contribution in [0.3, 0.4) is 0 Å². The van der Waals surface area contributed by atoms with E-state index < -0.39 is 70.3 Å². The van der Waals surface area contributed by atoms with Gasteiger partial charge in [0.2, 0.25) is 29.2 Å². The first-order valence-electron chi connectivity index (χ1n) is 16.1. The van der Waals surface area contributed by atoms with Gasteiger partial charge in [-0.05, 0) is 47.2 Å². The van der Waals surface area contributed by atoms with Crippen molar-refractivity contribution in [3.05, 3.63) is 87.5 Å². The van der Waals surface area contributed by atoms with Gasteiger partial charge in [0.25, 0.3) is 0 Å². The lowest BCUT2D eigenvalue weighted by Crippen LogP contribution is -2.58. The maximum atomic E-state index is 14.1. The van der Waals surface area contributed by atoms with E-state index in [0.717, 1.165) is 7.11 Å². The van der Waals surface area contributed by atoms with Gasteiger partial charge >= 0.3 is 11.7 Å². The average molecular weight is 707 g/mol. The van der Waals surface area contributed by atoms with Gasteiger partial charge in [-0.1, -0.05) is 50.2 Å². The molecule has 4 bridgehead atoms. The molecule has 0 aliphatic carbocycles. The van der Waals surface area contributed by atoms with Crippen molar-refractivity contribution in [1.82, 2.24) is 16.0 Å². The van der Waals surface area contributed by atoms with Crippen LogP contribution in [0, 0.1) is 16.0 Å². The van der Waals surface area contributed by atoms with E-state index in [1.54, 1.807) is 30.3 Å². The Labute approximate surface area is 294 Å². The third-order valence-corrected chi connectivity index (χ3v) is 8.24. The van der Waals surface area contributed by atoms with E-state index in [1.807, 2.05) is 13.8 Å². The van der Waals surface area contributed by atoms with Crippen molar-refractivity contribution in [1.29, 1.82) is 0 Å². The molecule has 8 N–H and O–H groups in total. The Kier molecular flexibility index (Phi) is 12.5. The monoisotopic (exact) mass is 706 g/mol. The molecule has 0 saturated heterocycles. The predicted molar refractivity (Wildman–Crippen MR) is 184 cm³/mol. The largest absolute Gasteiger partial charge is 0.504 e. The molecule has 16 nitrogen and oxygen atoms in total. The normalized spacial score (nSPS) is 18.8. The number of nitrogens with one attached hydrogen (secondary N) is 3. The van der Waals surface area contributed by atoms with Crippen LogP contribution >= 0.6 is 0 Å². The molecule has 2 aliphatic rings. The number of phenolic OH excluding ortho intramolecular Hbond substituents is 1. The predicted octanol–water partition coefficient (Wildman–Crippen LogP) is 1.90. The molecule has 0 fully saturated rings. The molecule has 272 valence electrons. The summed E-state index contributed by atoms with van der Waals surface area (Å²) in [6, 6.07) is 8.63. The second kappa shape index (κ2) is 16.8. The van der Waals surface area contributed by atoms with Gasteiger partial charge in [0.15, 0.2) is 11.5 Å². The summed E-state index contributed by atoms with van der Waals surface area (Å²) in [6.45, 7) is 3.77. The van der Waals surface area contributed by atoms with E-state index in [4.69, 9.17) is 25.7 Å². The number of nitrogens with two attached hydrogens (primary N) is 2. The van der Waals surface area contributed by atoms with Crippen molar-refractivity contribution in [3.8, 4) is 23.0 Å². The fourth-order valence-electron chi connectivity index (χ4n) is 5.68. The number of methoxy groups -OCH3 is 2. The van der Waals surface area contributed by atoms with Crippen LogP contribution in [0.1, 0.15) is 43.0 Å². The van der Waals surface area contributed by atoms with Gasteiger partial charge in [0.05, 0.1) is 31.2 Å². The molecule has 16 heteroatoms. The number of ether oxygens (including phenoxy) is 3. The highest BCUT2D eigenvalue weighted by molar-refractivity contribution is 5.94. The number of fused-ring (bicyclic) bond motifs is 9. The molecule has 5 rings (SSSR count). The molecular formula is C35H42N6O10. The highest BCUT2D eigenvalue weighted by atomic mass is 16.6. The van der Waals surface area contributed by atoms with Crippen molar-refractivity contribution in [3.63, 3.8) is 0 Å². The van der Waals surface area contributed by atoms with Crippen molar-refractivity contribution < 1.29 is 43.4 Å². The quantitative estimate of drug-likeness (QED) is 0.101. The smallest absolute Gasteiger partial charge is 0.325 e. The summed E-state index contributed by atoms with van der Waals surface area (Å²) < 4.78 is 16.1. The number of nitro groups is 1. The number of nitro benzene ring substituents is 1. The van der Waals surface area contributed by atoms with Crippen LogP contribution in [-0.4, -0.2) is 72.1 Å². The van der Waals surface area contributed by atoms with E-state index in [2.05, 4.69) is 16.0 Å². The fraction of sp³-hybridized carbons (Fsp3) is 0.371. The summed E-state index contributed by atoms with van der Waals surface area (Å²) in [5, 5.41) is 31.3. The zero-order valence-electron chi connectivity index (χ0n) is 28.6. The topological polar surface area (TPSA) is 247 Å². The highest BCUT2D eigenvalue weighted by Gasteiger charge is 2.35. The summed E-state index contributed by atoms with van der Waals surface area (Å²) in [7, 11) is 2.34. The summed E-state index contributed by atoms with van der Waals surface area (Å²) in [5.74, 6) is -4.23. The van der Waals surface area contributed by atoms with Gasteiger partial charge in [-0.25, -0.2) is 0 Å². The van der Waals surface area contributed by atoms with Crippen molar-refractivity contribution >= 4 is 29.4 Å². The number of amides is 3. The van der Waals surface area contributed by atoms with Crippen molar-refractivity contribution in [2.45, 2.75) is 63.3 Å². The Morgan fingerprint density at radius 3 is 2.37 bits per heavy atom. The van der Waals surface area contributed by atoms with Gasteiger partial charge in [0.1, 0.15) is 18.1 Å². The van der Waals surface area contributed by atoms with Crippen LogP contribution in [0.4, 0.5) is 5.69 Å². The molecule has 5 atom stereocenters. The Bertz CT molecular complexity index is 1770. The first-order valence-corrected chi connectivity index (χ1v) is 16.1. The van der Waals surface area contributed by atoms with Crippen molar-refractivity contribution in [2.75, 3.05) is 14.2 Å². The lowest BCUT2D eigenvalue weighted by atomic mass is 9.96. The number of benzene rings is 3. The first-order chi connectivity index (χ1) is 24.2. The second-order valence-electron chi connectivity index (χ2n) is 12.5. The molecule has 0 saturated carbocycles. The SMILES string of the molecule is COC(=O)[C@H](N)C1NC(=O)[C@H](Cc2ccccc2)NC(=O)[C@H](NC(=O)[C@H](N)CC(C)C)Cc2ccc(c([N+](=O)[O-])c2)Oc2cc1cc(O)c2OC. The first kappa shape index (κ1) is 38.1. The zero-order chi connectivity index (χ0) is 37.4. The third-order valence-electron chi connectivity index (χ3n) is 8.24. The van der Waals surface area contributed by atoms with Crippen LogP contribution in [0.25, 0.3) is 0 Å². The van der Waals surface area contributed by atoms with E-state index in [-0.39, 0.29) is 47.1 Å². The fourth-order valence-corrected chi connectivity index (χ4v) is 5.68. The van der Waals surface area contributed by atoms with E-state index in [9.17, 15) is 34.4 Å². The number of hydrogen-bond donors (Lipinski definition) is 6. The molecule has 3 aromatic carbocycles. The molecule has 0 spiro atoms. The average Bonchev–Trinajstić information content (AvgIpc) is 3.09. The summed E-state index contributed by atoms with van der Waals surface area (Å²) in [6.07, 6.45) is 0.0500. The van der Waals surface area contributed by atoms with Gasteiger partial charge in [-0.3, -0.25) is 29.3 Å². The second-order valence-corrected chi connectivity index (χ2v) is 12.5. The van der Waals surface area contributed by atoms with Gasteiger partial charge in [-0.2, -0.15) is 0 Å². The maximum Gasteiger partial charge on any atom is 0.325 e. The minimum Gasteiger partial charge on any atom is -0.504 e. The summed E-state index contributed by atoms with van der Waals surface area (Å²) in [4.78, 5) is 65.7. The molecule has 1 unspecified atom stereocenters. The van der Waals surface area contributed by atoms with Crippen molar-refractivity contribution in [2.24, 2.45) is 17.4 Å². The molecule has 0 radical (unpaired) electrons. The van der Waals surface area contributed by atoms with Gasteiger partial charge in [0, 0.05) is 18.9 Å². The highest BCUT2D eigenvalue weighted by Crippen LogP contribution is 2.43. The molecular weight excluding hydrogens is 664 g/mol. The number of phenols is 1. The molecule has 3 amide bonds. The zero-order valence-corrected chi connectivity index (χ0v) is 28.6. The Morgan fingerprint density at radius 2 is 1.75 bits per heavy atom. The number of carbonyl (C=O) groups is 4. The Morgan fingerprint density at radius 1 is 1.04 bits per heavy atom. The Balaban J connectivity index is 1.91. The van der Waals surface area contributed by atoms with Crippen LogP contribution in [-0.2, 0) is 36.8 Å². The molecule has 0 aromatic heterocycles. The summed E-state index contributed by atoms with van der Waals surface area (Å²) in [5.41, 5.74) is 12.9. The minimum atomic E-state index is -1.55. The van der Waals surface area contributed by atoms with Crippen LogP contribution in [0.2, 0.25) is 0 Å². The Hall–Kier alpha value is -5.74.